The molecule has 114 valence electrons. The van der Waals surface area contributed by atoms with Crippen LogP contribution in [-0.2, 0) is 6.42 Å². The van der Waals surface area contributed by atoms with Gasteiger partial charge in [0.25, 0.3) is 0 Å². The van der Waals surface area contributed by atoms with Gasteiger partial charge in [-0.2, -0.15) is 5.10 Å². The number of hydrogen-bond acceptors (Lipinski definition) is 3. The first-order valence-electron chi connectivity index (χ1n) is 7.29. The number of hydrogen-bond donors (Lipinski definition) is 1. The highest BCUT2D eigenvalue weighted by Gasteiger charge is 2.11. The summed E-state index contributed by atoms with van der Waals surface area (Å²) in [5.41, 5.74) is 4.03. The zero-order chi connectivity index (χ0) is 15.8. The first-order chi connectivity index (χ1) is 11.3. The normalized spacial score (nSPS) is 11.2. The van der Waals surface area contributed by atoms with E-state index in [-0.39, 0.29) is 0 Å². The summed E-state index contributed by atoms with van der Waals surface area (Å²) in [6.45, 7) is 0. The largest absolute Gasteiger partial charge is 0.497 e. The lowest BCUT2D eigenvalue weighted by molar-refractivity contribution is 0.414. The quantitative estimate of drug-likeness (QED) is 0.570. The van der Waals surface area contributed by atoms with Crippen LogP contribution in [0, 0.1) is 0 Å². The van der Waals surface area contributed by atoms with E-state index in [4.69, 9.17) is 16.3 Å². The van der Waals surface area contributed by atoms with Crippen molar-refractivity contribution in [1.29, 1.82) is 0 Å². The Morgan fingerprint density at radius 3 is 2.70 bits per heavy atom. The van der Waals surface area contributed by atoms with Crippen molar-refractivity contribution < 1.29 is 4.74 Å². The molecule has 0 saturated heterocycles. The Labute approximate surface area is 138 Å². The summed E-state index contributed by atoms with van der Waals surface area (Å²) in [5, 5.41) is 9.49. The van der Waals surface area contributed by atoms with Gasteiger partial charge in [0.15, 0.2) is 5.15 Å². The molecule has 4 rings (SSSR count). The Kier molecular flexibility index (Phi) is 3.39. The number of aromatic amines is 1. The Balaban J connectivity index is 1.84. The van der Waals surface area contributed by atoms with Gasteiger partial charge in [-0.1, -0.05) is 41.9 Å². The van der Waals surface area contributed by atoms with Crippen molar-refractivity contribution in [3.8, 4) is 5.75 Å². The van der Waals surface area contributed by atoms with Gasteiger partial charge in [0.2, 0.25) is 0 Å². The Hall–Kier alpha value is -2.59. The second-order valence-electron chi connectivity index (χ2n) is 5.40. The van der Waals surface area contributed by atoms with Crippen LogP contribution in [-0.4, -0.2) is 22.3 Å². The number of rotatable bonds is 3. The van der Waals surface area contributed by atoms with Gasteiger partial charge < -0.3 is 4.74 Å². The van der Waals surface area contributed by atoms with Crippen LogP contribution in [0.2, 0.25) is 5.15 Å². The lowest BCUT2D eigenvalue weighted by Crippen LogP contribution is -1.93. The van der Waals surface area contributed by atoms with Gasteiger partial charge in [-0.3, -0.25) is 5.10 Å². The van der Waals surface area contributed by atoms with Gasteiger partial charge in [-0.05, 0) is 29.7 Å². The molecule has 4 aromatic rings. The summed E-state index contributed by atoms with van der Waals surface area (Å²) in [4.78, 5) is 4.58. The molecule has 0 fully saturated rings. The highest BCUT2D eigenvalue weighted by atomic mass is 35.5. The molecule has 0 spiro atoms. The molecule has 0 atom stereocenters. The number of para-hydroxylation sites is 1. The van der Waals surface area contributed by atoms with Crippen molar-refractivity contribution in [1.82, 2.24) is 15.2 Å². The number of ether oxygens (including phenoxy) is 1. The number of H-pyrrole nitrogens is 1. The summed E-state index contributed by atoms with van der Waals surface area (Å²) in [6, 6.07) is 14.2. The van der Waals surface area contributed by atoms with E-state index in [0.29, 0.717) is 5.15 Å². The fourth-order valence-electron chi connectivity index (χ4n) is 2.85. The van der Waals surface area contributed by atoms with E-state index in [0.717, 1.165) is 39.5 Å². The summed E-state index contributed by atoms with van der Waals surface area (Å²) < 4.78 is 5.20. The molecule has 0 aliphatic rings. The van der Waals surface area contributed by atoms with E-state index in [2.05, 4.69) is 33.4 Å². The topological polar surface area (TPSA) is 50.8 Å². The van der Waals surface area contributed by atoms with Crippen molar-refractivity contribution >= 4 is 33.4 Å². The monoisotopic (exact) mass is 323 g/mol. The fourth-order valence-corrected chi connectivity index (χ4v) is 3.08. The maximum Gasteiger partial charge on any atom is 0.155 e. The van der Waals surface area contributed by atoms with E-state index < -0.39 is 0 Å². The van der Waals surface area contributed by atoms with Crippen LogP contribution in [0.5, 0.6) is 5.75 Å². The van der Waals surface area contributed by atoms with Crippen LogP contribution in [0.3, 0.4) is 0 Å². The highest BCUT2D eigenvalue weighted by molar-refractivity contribution is 6.35. The predicted octanol–water partition coefficient (Wildman–Crippen LogP) is 4.36. The number of methoxy groups -OCH3 is 1. The third kappa shape index (κ3) is 2.41. The molecule has 0 aliphatic heterocycles. The van der Waals surface area contributed by atoms with Crippen LogP contribution < -0.4 is 4.74 Å². The Bertz CT molecular complexity index is 992. The summed E-state index contributed by atoms with van der Waals surface area (Å²) in [6.07, 6.45) is 2.58. The average molecular weight is 324 g/mol. The van der Waals surface area contributed by atoms with Crippen LogP contribution >= 0.6 is 11.6 Å². The first kappa shape index (κ1) is 14.0. The predicted molar refractivity (Wildman–Crippen MR) is 92.2 cm³/mol. The van der Waals surface area contributed by atoms with E-state index in [1.807, 2.05) is 24.3 Å². The van der Waals surface area contributed by atoms with Gasteiger partial charge in [0, 0.05) is 10.8 Å². The minimum absolute atomic E-state index is 0.451. The van der Waals surface area contributed by atoms with Crippen LogP contribution in [0.1, 0.15) is 11.1 Å². The Morgan fingerprint density at radius 1 is 1.09 bits per heavy atom. The van der Waals surface area contributed by atoms with Gasteiger partial charge in [-0.25, -0.2) is 4.98 Å². The van der Waals surface area contributed by atoms with E-state index in [9.17, 15) is 0 Å². The molecular weight excluding hydrogens is 310 g/mol. The molecule has 1 N–H and O–H groups in total. The number of aromatic nitrogens is 3. The number of benzene rings is 2. The van der Waals surface area contributed by atoms with Gasteiger partial charge in [-0.15, -0.1) is 0 Å². The van der Waals surface area contributed by atoms with Crippen molar-refractivity contribution in [2.24, 2.45) is 0 Å². The van der Waals surface area contributed by atoms with E-state index >= 15 is 0 Å². The SMILES string of the molecule is COc1ccc(Cc2cccc3c2nc(Cl)c2[nH]ncc23)cc1. The van der Waals surface area contributed by atoms with Crippen molar-refractivity contribution in [3.05, 3.63) is 64.9 Å². The van der Waals surface area contributed by atoms with E-state index in [1.165, 1.54) is 5.56 Å². The van der Waals surface area contributed by atoms with Gasteiger partial charge in [0.05, 0.1) is 18.8 Å². The van der Waals surface area contributed by atoms with Gasteiger partial charge in [0.1, 0.15) is 11.3 Å². The summed E-state index contributed by atoms with van der Waals surface area (Å²) in [5.74, 6) is 0.855. The maximum atomic E-state index is 6.29. The molecule has 0 amide bonds. The van der Waals surface area contributed by atoms with Crippen molar-refractivity contribution in [2.45, 2.75) is 6.42 Å². The van der Waals surface area contributed by atoms with E-state index in [1.54, 1.807) is 13.3 Å². The number of nitrogens with zero attached hydrogens (tertiary/aromatic N) is 2. The molecule has 0 saturated carbocycles. The molecule has 23 heavy (non-hydrogen) atoms. The van der Waals surface area contributed by atoms with Crippen molar-refractivity contribution in [3.63, 3.8) is 0 Å². The summed E-state index contributed by atoms with van der Waals surface area (Å²) >= 11 is 6.29. The molecule has 2 heterocycles. The van der Waals surface area contributed by atoms with Crippen LogP contribution in [0.15, 0.2) is 48.7 Å². The van der Waals surface area contributed by atoms with Crippen molar-refractivity contribution in [2.75, 3.05) is 7.11 Å². The smallest absolute Gasteiger partial charge is 0.155 e. The lowest BCUT2D eigenvalue weighted by Gasteiger charge is -2.08. The number of nitrogens with one attached hydrogen (secondary N) is 1. The second kappa shape index (κ2) is 5.56. The maximum absolute atomic E-state index is 6.29. The fraction of sp³-hybridized carbons (Fsp3) is 0.111. The van der Waals surface area contributed by atoms with Crippen LogP contribution in [0.25, 0.3) is 21.8 Å². The minimum atomic E-state index is 0.451. The third-order valence-corrected chi connectivity index (χ3v) is 4.29. The highest BCUT2D eigenvalue weighted by Crippen LogP contribution is 2.30. The lowest BCUT2D eigenvalue weighted by atomic mass is 10.0. The molecule has 2 aromatic carbocycles. The molecule has 2 aromatic heterocycles. The molecule has 5 heteroatoms. The molecular formula is C18H14ClN3O. The number of pyridine rings is 1. The molecule has 4 nitrogen and oxygen atoms in total. The standard InChI is InChI=1S/C18H14ClN3O/c1-23-13-7-5-11(6-8-13)9-12-3-2-4-14-15-10-20-22-17(15)18(19)21-16(12)14/h2-8,10H,9H2,1H3,(H,20,22). The molecule has 0 radical (unpaired) electrons. The molecule has 0 bridgehead atoms. The third-order valence-electron chi connectivity index (χ3n) is 4.02. The summed E-state index contributed by atoms with van der Waals surface area (Å²) in [7, 11) is 1.67. The molecule has 0 aliphatic carbocycles. The van der Waals surface area contributed by atoms with Crippen LogP contribution in [0.4, 0.5) is 0 Å². The number of fused-ring (bicyclic) bond motifs is 3. The second-order valence-corrected chi connectivity index (χ2v) is 5.76. The van der Waals surface area contributed by atoms with Gasteiger partial charge >= 0.3 is 0 Å². The zero-order valence-electron chi connectivity index (χ0n) is 12.5. The first-order valence-corrected chi connectivity index (χ1v) is 7.67. The minimum Gasteiger partial charge on any atom is -0.497 e. The number of halogens is 1. The molecule has 0 unspecified atom stereocenters. The Morgan fingerprint density at radius 2 is 1.91 bits per heavy atom. The average Bonchev–Trinajstić information content (AvgIpc) is 3.07. The zero-order valence-corrected chi connectivity index (χ0v) is 13.3.